The number of alkyl halides is 1. The maximum absolute atomic E-state index is 5.79. The molecule has 80 valence electrons. The molecular weight excluding hydrogens is 198 g/mol. The molecule has 0 aliphatic carbocycles. The van der Waals surface area contributed by atoms with Crippen molar-refractivity contribution in [2.75, 3.05) is 5.88 Å². The monoisotopic (exact) mass is 216 g/mol. The molecule has 1 heterocycles. The third-order valence-electron chi connectivity index (χ3n) is 2.89. The quantitative estimate of drug-likeness (QED) is 0.410. The molecule has 0 aromatic rings. The summed E-state index contributed by atoms with van der Waals surface area (Å²) in [6.07, 6.45) is 4.67. The second-order valence-electron chi connectivity index (χ2n) is 4.55. The average molecular weight is 217 g/mol. The van der Waals surface area contributed by atoms with E-state index in [0.717, 1.165) is 6.32 Å². The van der Waals surface area contributed by atoms with E-state index in [1.807, 2.05) is 12.2 Å². The lowest BCUT2D eigenvalue weighted by Gasteiger charge is -2.32. The van der Waals surface area contributed by atoms with Gasteiger partial charge in [-0.1, -0.05) is 12.2 Å². The maximum Gasteiger partial charge on any atom is 0.461 e. The zero-order valence-corrected chi connectivity index (χ0v) is 10.1. The van der Waals surface area contributed by atoms with Gasteiger partial charge in [-0.15, -0.1) is 11.6 Å². The molecule has 0 atom stereocenters. The maximum atomic E-state index is 5.79. The summed E-state index contributed by atoms with van der Waals surface area (Å²) >= 11 is 5.53. The van der Waals surface area contributed by atoms with Crippen LogP contribution in [0.2, 0.25) is 6.32 Å². The van der Waals surface area contributed by atoms with E-state index in [1.54, 1.807) is 0 Å². The molecule has 14 heavy (non-hydrogen) atoms. The fraction of sp³-hybridized carbons (Fsp3) is 0.800. The van der Waals surface area contributed by atoms with E-state index in [2.05, 4.69) is 27.7 Å². The zero-order chi connectivity index (χ0) is 10.8. The summed E-state index contributed by atoms with van der Waals surface area (Å²) in [5.74, 6) is 0.541. The van der Waals surface area contributed by atoms with E-state index in [9.17, 15) is 0 Å². The van der Waals surface area contributed by atoms with Crippen molar-refractivity contribution in [3.05, 3.63) is 12.2 Å². The minimum absolute atomic E-state index is 0.139. The predicted octanol–water partition coefficient (Wildman–Crippen LogP) is 2.87. The van der Waals surface area contributed by atoms with Crippen molar-refractivity contribution >= 4 is 18.7 Å². The van der Waals surface area contributed by atoms with Crippen LogP contribution in [0.5, 0.6) is 0 Å². The standard InChI is InChI=1S/C10H18BClO2/c1-9(2)10(3,4)14-11(13-9)7-5-6-8-12/h5-6H,7-8H2,1-4H3/b6-5+. The predicted molar refractivity (Wildman–Crippen MR) is 60.7 cm³/mol. The molecule has 0 N–H and O–H groups in total. The van der Waals surface area contributed by atoms with Crippen molar-refractivity contribution in [2.45, 2.75) is 45.2 Å². The van der Waals surface area contributed by atoms with E-state index >= 15 is 0 Å². The van der Waals surface area contributed by atoms with E-state index in [0.29, 0.717) is 5.88 Å². The second-order valence-corrected chi connectivity index (χ2v) is 4.86. The molecule has 1 saturated heterocycles. The van der Waals surface area contributed by atoms with Crippen molar-refractivity contribution in [3.63, 3.8) is 0 Å². The van der Waals surface area contributed by atoms with Crippen LogP contribution in [0.25, 0.3) is 0 Å². The van der Waals surface area contributed by atoms with Crippen LogP contribution >= 0.6 is 11.6 Å². The van der Waals surface area contributed by atoms with Crippen LogP contribution < -0.4 is 0 Å². The molecule has 0 saturated carbocycles. The second kappa shape index (κ2) is 4.25. The average Bonchev–Trinajstić information content (AvgIpc) is 2.21. The number of allylic oxidation sites excluding steroid dienone is 2. The third kappa shape index (κ3) is 2.53. The molecule has 4 heteroatoms. The zero-order valence-electron chi connectivity index (χ0n) is 9.34. The number of halogens is 1. The van der Waals surface area contributed by atoms with Gasteiger partial charge < -0.3 is 9.31 Å². The van der Waals surface area contributed by atoms with E-state index < -0.39 is 0 Å². The van der Waals surface area contributed by atoms with Crippen molar-refractivity contribution in [1.82, 2.24) is 0 Å². The van der Waals surface area contributed by atoms with Crippen LogP contribution in [0.1, 0.15) is 27.7 Å². The largest absolute Gasteiger partial charge is 0.461 e. The Morgan fingerprint density at radius 1 is 1.07 bits per heavy atom. The number of hydrogen-bond acceptors (Lipinski definition) is 2. The van der Waals surface area contributed by atoms with E-state index in [4.69, 9.17) is 20.9 Å². The molecular formula is C10H18BClO2. The SMILES string of the molecule is CC1(C)OB(C/C=C/CCl)OC1(C)C. The molecule has 0 aromatic carbocycles. The molecule has 1 aliphatic rings. The lowest BCUT2D eigenvalue weighted by atomic mass is 9.85. The van der Waals surface area contributed by atoms with Crippen molar-refractivity contribution in [2.24, 2.45) is 0 Å². The smallest absolute Gasteiger partial charge is 0.403 e. The Hall–Kier alpha value is 0.0149. The Labute approximate surface area is 91.8 Å². The first-order valence-corrected chi connectivity index (χ1v) is 5.49. The highest BCUT2D eigenvalue weighted by atomic mass is 35.5. The van der Waals surface area contributed by atoms with Gasteiger partial charge in [-0.05, 0) is 27.7 Å². The van der Waals surface area contributed by atoms with Crippen molar-refractivity contribution in [1.29, 1.82) is 0 Å². The first-order valence-electron chi connectivity index (χ1n) is 4.95. The molecule has 2 nitrogen and oxygen atoms in total. The summed E-state index contributed by atoms with van der Waals surface area (Å²) in [6, 6.07) is 0. The highest BCUT2D eigenvalue weighted by molar-refractivity contribution is 6.46. The summed E-state index contributed by atoms with van der Waals surface area (Å²) in [5, 5.41) is 0. The van der Waals surface area contributed by atoms with Gasteiger partial charge in [0.2, 0.25) is 0 Å². The molecule has 1 aliphatic heterocycles. The van der Waals surface area contributed by atoms with Gasteiger partial charge in [0.15, 0.2) is 0 Å². The molecule has 0 bridgehead atoms. The lowest BCUT2D eigenvalue weighted by Crippen LogP contribution is -2.41. The van der Waals surface area contributed by atoms with Gasteiger partial charge in [0, 0.05) is 12.2 Å². The van der Waals surface area contributed by atoms with Crippen LogP contribution in [-0.4, -0.2) is 24.2 Å². The van der Waals surface area contributed by atoms with Gasteiger partial charge in [0.1, 0.15) is 0 Å². The van der Waals surface area contributed by atoms with Crippen LogP contribution in [0.4, 0.5) is 0 Å². The normalized spacial score (nSPS) is 24.8. The van der Waals surface area contributed by atoms with Gasteiger partial charge in [-0.2, -0.15) is 0 Å². The minimum atomic E-state index is -0.230. The summed E-state index contributed by atoms with van der Waals surface area (Å²) in [4.78, 5) is 0. The Balaban J connectivity index is 2.51. The molecule has 0 amide bonds. The summed E-state index contributed by atoms with van der Waals surface area (Å²) in [6.45, 7) is 8.22. The topological polar surface area (TPSA) is 18.5 Å². The van der Waals surface area contributed by atoms with E-state index in [1.165, 1.54) is 0 Å². The Kier molecular flexibility index (Phi) is 3.67. The summed E-state index contributed by atoms with van der Waals surface area (Å²) in [7, 11) is -0.139. The van der Waals surface area contributed by atoms with Gasteiger partial charge in [0.05, 0.1) is 11.2 Å². The first kappa shape index (κ1) is 12.1. The third-order valence-corrected chi connectivity index (χ3v) is 3.06. The highest BCUT2D eigenvalue weighted by Gasteiger charge is 2.50. The molecule has 1 rings (SSSR count). The van der Waals surface area contributed by atoms with E-state index in [-0.39, 0.29) is 18.3 Å². The highest BCUT2D eigenvalue weighted by Crippen LogP contribution is 2.37. The van der Waals surface area contributed by atoms with Crippen LogP contribution in [-0.2, 0) is 9.31 Å². The molecule has 0 aromatic heterocycles. The molecule has 1 fully saturated rings. The van der Waals surface area contributed by atoms with Crippen LogP contribution in [0, 0.1) is 0 Å². The minimum Gasteiger partial charge on any atom is -0.403 e. The lowest BCUT2D eigenvalue weighted by molar-refractivity contribution is 0.00578. The Morgan fingerprint density at radius 3 is 2.00 bits per heavy atom. The Morgan fingerprint density at radius 2 is 1.57 bits per heavy atom. The Bertz CT molecular complexity index is 210. The van der Waals surface area contributed by atoms with Crippen molar-refractivity contribution < 1.29 is 9.31 Å². The van der Waals surface area contributed by atoms with Crippen LogP contribution in [0.3, 0.4) is 0 Å². The summed E-state index contributed by atoms with van der Waals surface area (Å²) < 4.78 is 11.6. The fourth-order valence-corrected chi connectivity index (χ4v) is 1.46. The van der Waals surface area contributed by atoms with Gasteiger partial charge in [0.25, 0.3) is 0 Å². The number of hydrogen-bond donors (Lipinski definition) is 0. The first-order chi connectivity index (χ1) is 6.39. The van der Waals surface area contributed by atoms with Gasteiger partial charge in [-0.3, -0.25) is 0 Å². The van der Waals surface area contributed by atoms with Gasteiger partial charge in [-0.25, -0.2) is 0 Å². The van der Waals surface area contributed by atoms with Crippen molar-refractivity contribution in [3.8, 4) is 0 Å². The van der Waals surface area contributed by atoms with Gasteiger partial charge >= 0.3 is 7.12 Å². The summed E-state index contributed by atoms with van der Waals surface area (Å²) in [5.41, 5.74) is -0.459. The number of rotatable bonds is 3. The molecule has 0 radical (unpaired) electrons. The van der Waals surface area contributed by atoms with Crippen LogP contribution in [0.15, 0.2) is 12.2 Å². The molecule has 0 unspecified atom stereocenters. The molecule has 0 spiro atoms. The fourth-order valence-electron chi connectivity index (χ4n) is 1.33.